The fourth-order valence-electron chi connectivity index (χ4n) is 4.04. The van der Waals surface area contributed by atoms with E-state index in [0.29, 0.717) is 5.69 Å². The summed E-state index contributed by atoms with van der Waals surface area (Å²) in [4.78, 5) is 31.1. The van der Waals surface area contributed by atoms with Gasteiger partial charge in [-0.05, 0) is 30.2 Å². The lowest BCUT2D eigenvalue weighted by atomic mass is 9.75. The van der Waals surface area contributed by atoms with Gasteiger partial charge in [0, 0.05) is 17.5 Å². The van der Waals surface area contributed by atoms with Crippen LogP contribution < -0.4 is 5.32 Å². The Kier molecular flexibility index (Phi) is 6.50. The number of fused-ring (bicyclic) bond motifs is 1. The minimum absolute atomic E-state index is 0.225. The van der Waals surface area contributed by atoms with Crippen molar-refractivity contribution in [3.63, 3.8) is 0 Å². The molecule has 0 unspecified atom stereocenters. The van der Waals surface area contributed by atoms with E-state index in [1.54, 1.807) is 0 Å². The van der Waals surface area contributed by atoms with Crippen LogP contribution in [-0.2, 0) is 26.2 Å². The number of para-hydroxylation sites is 1. The van der Waals surface area contributed by atoms with Gasteiger partial charge in [0.2, 0.25) is 5.91 Å². The molecule has 4 aromatic rings. The van der Waals surface area contributed by atoms with Crippen molar-refractivity contribution < 1.29 is 14.3 Å². The first-order valence-electron chi connectivity index (χ1n) is 10.9. The van der Waals surface area contributed by atoms with Gasteiger partial charge in [0.15, 0.2) is 0 Å². The Morgan fingerprint density at radius 2 is 1.42 bits per heavy atom. The molecule has 0 aliphatic heterocycles. The normalized spacial score (nSPS) is 12.2. The number of benzene rings is 3. The summed E-state index contributed by atoms with van der Waals surface area (Å²) in [6.45, 7) is 1.87. The van der Waals surface area contributed by atoms with Gasteiger partial charge in [-0.2, -0.15) is 0 Å². The van der Waals surface area contributed by atoms with E-state index in [4.69, 9.17) is 4.74 Å². The predicted molar refractivity (Wildman–Crippen MR) is 129 cm³/mol. The summed E-state index contributed by atoms with van der Waals surface area (Å²) < 4.78 is 5.02. The number of hydrogen-bond donors (Lipinski definition) is 1. The first-order chi connectivity index (χ1) is 16.0. The van der Waals surface area contributed by atoms with E-state index in [1.165, 1.54) is 7.11 Å². The summed E-state index contributed by atoms with van der Waals surface area (Å²) in [6, 6.07) is 29.9. The topological polar surface area (TPSA) is 68.3 Å². The molecule has 3 aromatic carbocycles. The third kappa shape index (κ3) is 4.62. The quantitative estimate of drug-likeness (QED) is 0.433. The van der Waals surface area contributed by atoms with Crippen molar-refractivity contribution >= 4 is 22.8 Å². The van der Waals surface area contributed by atoms with Gasteiger partial charge in [-0.15, -0.1) is 0 Å². The summed E-state index contributed by atoms with van der Waals surface area (Å²) >= 11 is 0. The van der Waals surface area contributed by atoms with Crippen molar-refractivity contribution in [2.45, 2.75) is 24.8 Å². The van der Waals surface area contributed by atoms with Crippen molar-refractivity contribution in [1.29, 1.82) is 0 Å². The average molecular weight is 439 g/mol. The maximum Gasteiger partial charge on any atom is 0.328 e. The molecular formula is C28H26N2O3. The molecule has 1 aromatic heterocycles. The fraction of sp³-hybridized carbons (Fsp3) is 0.179. The van der Waals surface area contributed by atoms with Crippen LogP contribution in [0, 0.1) is 0 Å². The van der Waals surface area contributed by atoms with Gasteiger partial charge in [0.05, 0.1) is 18.0 Å². The molecule has 5 heteroatoms. The highest BCUT2D eigenvalue weighted by molar-refractivity contribution is 5.94. The number of carbonyl (C=O) groups excluding carboxylic acids is 2. The molecule has 1 heterocycles. The van der Waals surface area contributed by atoms with E-state index in [-0.39, 0.29) is 12.3 Å². The number of amides is 1. The van der Waals surface area contributed by atoms with Crippen molar-refractivity contribution in [3.8, 4) is 0 Å². The van der Waals surface area contributed by atoms with Gasteiger partial charge in [0.1, 0.15) is 6.04 Å². The molecule has 4 rings (SSSR count). The van der Waals surface area contributed by atoms with E-state index in [1.807, 2.05) is 104 Å². The van der Waals surface area contributed by atoms with Gasteiger partial charge in [-0.25, -0.2) is 4.79 Å². The van der Waals surface area contributed by atoms with Crippen LogP contribution in [0.25, 0.3) is 10.9 Å². The molecule has 0 aliphatic carbocycles. The number of hydrogen-bond acceptors (Lipinski definition) is 4. The minimum Gasteiger partial charge on any atom is -0.467 e. The second-order valence-corrected chi connectivity index (χ2v) is 8.11. The Bertz CT molecular complexity index is 1220. The van der Waals surface area contributed by atoms with Crippen molar-refractivity contribution in [1.82, 2.24) is 10.3 Å². The molecule has 166 valence electrons. The molecule has 0 radical (unpaired) electrons. The third-order valence-electron chi connectivity index (χ3n) is 6.02. The molecule has 0 spiro atoms. The summed E-state index contributed by atoms with van der Waals surface area (Å²) in [5.74, 6) is -0.794. The Balaban J connectivity index is 1.66. The molecule has 0 bridgehead atoms. The van der Waals surface area contributed by atoms with E-state index in [9.17, 15) is 9.59 Å². The Morgan fingerprint density at radius 1 is 0.848 bits per heavy atom. The molecular weight excluding hydrogens is 412 g/mol. The molecule has 1 N–H and O–H groups in total. The Morgan fingerprint density at radius 3 is 2.03 bits per heavy atom. The molecule has 0 fully saturated rings. The lowest BCUT2D eigenvalue weighted by molar-refractivity contribution is -0.145. The number of ether oxygens (including phenoxy) is 1. The van der Waals surface area contributed by atoms with Gasteiger partial charge >= 0.3 is 5.97 Å². The first kappa shape index (κ1) is 22.2. The lowest BCUT2D eigenvalue weighted by Gasteiger charge is -2.31. The summed E-state index contributed by atoms with van der Waals surface area (Å²) in [6.07, 6.45) is 0.225. The molecule has 0 saturated carbocycles. The van der Waals surface area contributed by atoms with Crippen LogP contribution in [-0.4, -0.2) is 30.0 Å². The predicted octanol–water partition coefficient (Wildman–Crippen LogP) is 4.44. The minimum atomic E-state index is -0.994. The Hall–Kier alpha value is -3.99. The SMILES string of the molecule is COC(=O)[C@@H](Cc1ccc2ccccc2n1)NC(=O)C(C)(c1ccccc1)c1ccccc1. The zero-order chi connectivity index (χ0) is 23.3. The van der Waals surface area contributed by atoms with Crippen LogP contribution in [0.1, 0.15) is 23.7 Å². The largest absolute Gasteiger partial charge is 0.467 e. The first-order valence-corrected chi connectivity index (χ1v) is 10.9. The van der Waals surface area contributed by atoms with Crippen LogP contribution in [0.2, 0.25) is 0 Å². The van der Waals surface area contributed by atoms with Gasteiger partial charge in [0.25, 0.3) is 0 Å². The van der Waals surface area contributed by atoms with Crippen LogP contribution in [0.4, 0.5) is 0 Å². The second-order valence-electron chi connectivity index (χ2n) is 8.11. The van der Waals surface area contributed by atoms with E-state index in [0.717, 1.165) is 22.0 Å². The number of nitrogens with zero attached hydrogens (tertiary/aromatic N) is 1. The number of esters is 1. The van der Waals surface area contributed by atoms with Crippen molar-refractivity contribution in [2.75, 3.05) is 7.11 Å². The number of methoxy groups -OCH3 is 1. The highest BCUT2D eigenvalue weighted by atomic mass is 16.5. The number of aromatic nitrogens is 1. The summed E-state index contributed by atoms with van der Waals surface area (Å²) in [5.41, 5.74) is 2.21. The molecule has 33 heavy (non-hydrogen) atoms. The molecule has 1 atom stereocenters. The third-order valence-corrected chi connectivity index (χ3v) is 6.02. The maximum absolute atomic E-state index is 13.8. The monoisotopic (exact) mass is 438 g/mol. The van der Waals surface area contributed by atoms with E-state index in [2.05, 4.69) is 10.3 Å². The lowest BCUT2D eigenvalue weighted by Crippen LogP contribution is -2.51. The number of nitrogens with one attached hydrogen (secondary N) is 1. The molecule has 0 saturated heterocycles. The number of pyridine rings is 1. The molecule has 5 nitrogen and oxygen atoms in total. The Labute approximate surface area is 193 Å². The zero-order valence-electron chi connectivity index (χ0n) is 18.7. The van der Waals surface area contributed by atoms with E-state index >= 15 is 0 Å². The van der Waals surface area contributed by atoms with Gasteiger partial charge < -0.3 is 10.1 Å². The van der Waals surface area contributed by atoms with E-state index < -0.39 is 17.4 Å². The zero-order valence-corrected chi connectivity index (χ0v) is 18.7. The van der Waals surface area contributed by atoms with Crippen molar-refractivity contribution in [2.24, 2.45) is 0 Å². The summed E-state index contributed by atoms with van der Waals surface area (Å²) in [7, 11) is 1.32. The average Bonchev–Trinajstić information content (AvgIpc) is 2.88. The van der Waals surface area contributed by atoms with Crippen LogP contribution in [0.3, 0.4) is 0 Å². The highest BCUT2D eigenvalue weighted by Gasteiger charge is 2.39. The second kappa shape index (κ2) is 9.65. The number of carbonyl (C=O) groups is 2. The fourth-order valence-corrected chi connectivity index (χ4v) is 4.04. The standard InChI is InChI=1S/C28H26N2O3/c1-28(21-12-5-3-6-13-21,22-14-7-4-8-15-22)27(32)30-25(26(31)33-2)19-23-18-17-20-11-9-10-16-24(20)29-23/h3-18,25H,19H2,1-2H3,(H,30,32)/t25-/m1/s1. The van der Waals surface area contributed by atoms with Crippen LogP contribution in [0.5, 0.6) is 0 Å². The summed E-state index contributed by atoms with van der Waals surface area (Å²) in [5, 5.41) is 3.96. The van der Waals surface area contributed by atoms with Crippen LogP contribution in [0.15, 0.2) is 97.1 Å². The van der Waals surface area contributed by atoms with Crippen molar-refractivity contribution in [3.05, 3.63) is 114 Å². The molecule has 1 amide bonds. The molecule has 0 aliphatic rings. The van der Waals surface area contributed by atoms with Gasteiger partial charge in [-0.3, -0.25) is 9.78 Å². The maximum atomic E-state index is 13.8. The number of rotatable bonds is 7. The highest BCUT2D eigenvalue weighted by Crippen LogP contribution is 2.32. The van der Waals surface area contributed by atoms with Gasteiger partial charge in [-0.1, -0.05) is 84.9 Å². The smallest absolute Gasteiger partial charge is 0.328 e. The van der Waals surface area contributed by atoms with Crippen LogP contribution >= 0.6 is 0 Å².